The van der Waals surface area contributed by atoms with Crippen molar-refractivity contribution in [1.82, 2.24) is 9.80 Å². The van der Waals surface area contributed by atoms with Crippen LogP contribution in [0.15, 0.2) is 24.3 Å². The average Bonchev–Trinajstić information content (AvgIpc) is 3.39. The van der Waals surface area contributed by atoms with E-state index in [0.717, 1.165) is 49.2 Å². The number of piperazine rings is 1. The van der Waals surface area contributed by atoms with Gasteiger partial charge in [0.1, 0.15) is 0 Å². The Morgan fingerprint density at radius 1 is 1.12 bits per heavy atom. The quantitative estimate of drug-likeness (QED) is 0.754. The summed E-state index contributed by atoms with van der Waals surface area (Å²) in [6.45, 7) is 8.51. The number of carbonyl (C=O) groups is 1. The summed E-state index contributed by atoms with van der Waals surface area (Å²) in [5.41, 5.74) is 1.23. The highest BCUT2D eigenvalue weighted by atomic mass is 35.5. The van der Waals surface area contributed by atoms with E-state index >= 15 is 0 Å². The molecule has 0 N–H and O–H groups in total. The Balaban J connectivity index is 0.00000196. The van der Waals surface area contributed by atoms with E-state index in [-0.39, 0.29) is 30.6 Å². The summed E-state index contributed by atoms with van der Waals surface area (Å²) < 4.78 is 10.7. The Morgan fingerprint density at radius 2 is 1.81 bits per heavy atom. The second-order valence-corrected chi connectivity index (χ2v) is 7.69. The highest BCUT2D eigenvalue weighted by Gasteiger charge is 2.42. The van der Waals surface area contributed by atoms with Crippen LogP contribution >= 0.6 is 12.4 Å². The molecule has 0 spiro atoms. The number of halogens is 1. The van der Waals surface area contributed by atoms with Gasteiger partial charge in [0, 0.05) is 37.8 Å². The molecule has 142 valence electrons. The zero-order valence-corrected chi connectivity index (χ0v) is 16.3. The summed E-state index contributed by atoms with van der Waals surface area (Å²) in [6, 6.07) is 5.72. The molecule has 1 saturated heterocycles. The molecule has 1 aromatic rings. The highest BCUT2D eigenvalue weighted by Crippen LogP contribution is 2.43. The first-order valence-electron chi connectivity index (χ1n) is 9.16. The van der Waals surface area contributed by atoms with E-state index in [9.17, 15) is 4.79 Å². The van der Waals surface area contributed by atoms with E-state index in [0.29, 0.717) is 0 Å². The molecule has 0 radical (unpaired) electrons. The second-order valence-electron chi connectivity index (χ2n) is 7.69. The van der Waals surface area contributed by atoms with Crippen LogP contribution < -0.4 is 9.47 Å². The summed E-state index contributed by atoms with van der Waals surface area (Å²) in [7, 11) is 0. The molecule has 6 heteroatoms. The number of rotatable bonds is 4. The van der Waals surface area contributed by atoms with Crippen molar-refractivity contribution in [1.29, 1.82) is 0 Å². The van der Waals surface area contributed by atoms with Gasteiger partial charge in [0.05, 0.1) is 0 Å². The Hall–Kier alpha value is -1.72. The minimum atomic E-state index is 0. The SMILES string of the molecule is CC(C)(C1CC1)N1CCN(C(=O)C=Cc2ccc3c(c2)OCO3)CC1.Cl. The minimum Gasteiger partial charge on any atom is -0.454 e. The van der Waals surface area contributed by atoms with Crippen LogP contribution in [-0.4, -0.2) is 54.2 Å². The van der Waals surface area contributed by atoms with Gasteiger partial charge < -0.3 is 14.4 Å². The van der Waals surface area contributed by atoms with Crippen molar-refractivity contribution in [3.63, 3.8) is 0 Å². The lowest BCUT2D eigenvalue weighted by Gasteiger charge is -2.44. The van der Waals surface area contributed by atoms with E-state index in [1.54, 1.807) is 6.08 Å². The lowest BCUT2D eigenvalue weighted by molar-refractivity contribution is -0.128. The van der Waals surface area contributed by atoms with Crippen molar-refractivity contribution >= 4 is 24.4 Å². The maximum absolute atomic E-state index is 12.5. The van der Waals surface area contributed by atoms with E-state index in [4.69, 9.17) is 9.47 Å². The maximum Gasteiger partial charge on any atom is 0.246 e. The Bertz CT molecular complexity index is 692. The third-order valence-electron chi connectivity index (χ3n) is 5.80. The molecule has 0 aromatic heterocycles. The Labute approximate surface area is 161 Å². The van der Waals surface area contributed by atoms with Gasteiger partial charge in [0.2, 0.25) is 12.7 Å². The van der Waals surface area contributed by atoms with E-state index in [2.05, 4.69) is 18.7 Å². The lowest BCUT2D eigenvalue weighted by Crippen LogP contribution is -2.56. The van der Waals surface area contributed by atoms with E-state index < -0.39 is 0 Å². The van der Waals surface area contributed by atoms with Gasteiger partial charge in [-0.25, -0.2) is 0 Å². The lowest BCUT2D eigenvalue weighted by atomic mass is 9.95. The van der Waals surface area contributed by atoms with Gasteiger partial charge in [-0.1, -0.05) is 6.07 Å². The molecular formula is C20H27ClN2O3. The molecule has 0 bridgehead atoms. The van der Waals surface area contributed by atoms with Crippen LogP contribution in [0.2, 0.25) is 0 Å². The molecule has 2 heterocycles. The molecule has 2 aliphatic heterocycles. The molecule has 1 aliphatic carbocycles. The van der Waals surface area contributed by atoms with Crippen LogP contribution in [0.3, 0.4) is 0 Å². The number of nitrogens with zero attached hydrogens (tertiary/aromatic N) is 2. The smallest absolute Gasteiger partial charge is 0.246 e. The summed E-state index contributed by atoms with van der Waals surface area (Å²) in [4.78, 5) is 17.0. The Kier molecular flexibility index (Phi) is 5.49. The largest absolute Gasteiger partial charge is 0.454 e. The second kappa shape index (κ2) is 7.49. The predicted molar refractivity (Wildman–Crippen MR) is 104 cm³/mol. The fourth-order valence-corrected chi connectivity index (χ4v) is 3.84. The summed E-state index contributed by atoms with van der Waals surface area (Å²) >= 11 is 0. The first kappa shape index (κ1) is 19.1. The van der Waals surface area contributed by atoms with Crippen molar-refractivity contribution in [2.24, 2.45) is 5.92 Å². The van der Waals surface area contributed by atoms with Gasteiger partial charge in [-0.3, -0.25) is 9.69 Å². The van der Waals surface area contributed by atoms with Crippen molar-refractivity contribution < 1.29 is 14.3 Å². The van der Waals surface area contributed by atoms with Crippen LogP contribution in [0.25, 0.3) is 6.08 Å². The van der Waals surface area contributed by atoms with E-state index in [1.807, 2.05) is 29.2 Å². The first-order chi connectivity index (χ1) is 12.0. The normalized spacial score (nSPS) is 20.3. The number of amides is 1. The molecule has 5 nitrogen and oxygen atoms in total. The number of hydrogen-bond acceptors (Lipinski definition) is 4. The molecule has 1 amide bonds. The first-order valence-corrected chi connectivity index (χ1v) is 9.16. The van der Waals surface area contributed by atoms with Crippen LogP contribution in [-0.2, 0) is 4.79 Å². The predicted octanol–water partition coefficient (Wildman–Crippen LogP) is 3.18. The number of hydrogen-bond donors (Lipinski definition) is 0. The number of ether oxygens (including phenoxy) is 2. The molecule has 1 aromatic carbocycles. The van der Waals surface area contributed by atoms with Crippen LogP contribution in [0.1, 0.15) is 32.3 Å². The molecule has 4 rings (SSSR count). The molecule has 0 atom stereocenters. The van der Waals surface area contributed by atoms with Gasteiger partial charge >= 0.3 is 0 Å². The van der Waals surface area contributed by atoms with Crippen molar-refractivity contribution in [2.45, 2.75) is 32.2 Å². The average molecular weight is 379 g/mol. The van der Waals surface area contributed by atoms with E-state index in [1.165, 1.54) is 12.8 Å². The fraction of sp³-hybridized carbons (Fsp3) is 0.550. The number of benzene rings is 1. The van der Waals surface area contributed by atoms with Crippen LogP contribution in [0.4, 0.5) is 0 Å². The summed E-state index contributed by atoms with van der Waals surface area (Å²) in [5.74, 6) is 2.42. The van der Waals surface area contributed by atoms with Gasteiger partial charge in [0.25, 0.3) is 0 Å². The van der Waals surface area contributed by atoms with Crippen LogP contribution in [0.5, 0.6) is 11.5 Å². The molecule has 0 unspecified atom stereocenters. The third-order valence-corrected chi connectivity index (χ3v) is 5.80. The minimum absolute atomic E-state index is 0. The zero-order valence-electron chi connectivity index (χ0n) is 15.4. The van der Waals surface area contributed by atoms with Gasteiger partial charge in [-0.15, -0.1) is 12.4 Å². The fourth-order valence-electron chi connectivity index (χ4n) is 3.84. The van der Waals surface area contributed by atoms with Gasteiger partial charge in [-0.2, -0.15) is 0 Å². The Morgan fingerprint density at radius 3 is 2.50 bits per heavy atom. The van der Waals surface area contributed by atoms with Crippen molar-refractivity contribution in [2.75, 3.05) is 33.0 Å². The van der Waals surface area contributed by atoms with Crippen molar-refractivity contribution in [3.8, 4) is 11.5 Å². The summed E-state index contributed by atoms with van der Waals surface area (Å²) in [6.07, 6.45) is 6.22. The molecule has 1 saturated carbocycles. The zero-order chi connectivity index (χ0) is 17.4. The van der Waals surface area contributed by atoms with Gasteiger partial charge in [-0.05, 0) is 56.4 Å². The van der Waals surface area contributed by atoms with Crippen LogP contribution in [0, 0.1) is 5.92 Å². The highest BCUT2D eigenvalue weighted by molar-refractivity contribution is 5.92. The topological polar surface area (TPSA) is 42.0 Å². The molecule has 26 heavy (non-hydrogen) atoms. The standard InChI is InChI=1S/C20H26N2O3.ClH/c1-20(2,16-5-6-16)22-11-9-21(10-12-22)19(23)8-4-15-3-7-17-18(13-15)25-14-24-17;/h3-4,7-8,13,16H,5-6,9-12,14H2,1-2H3;1H. The monoisotopic (exact) mass is 378 g/mol. The molecule has 3 aliphatic rings. The van der Waals surface area contributed by atoms with Crippen molar-refractivity contribution in [3.05, 3.63) is 29.8 Å². The summed E-state index contributed by atoms with van der Waals surface area (Å²) in [5, 5.41) is 0. The molecule has 2 fully saturated rings. The number of fused-ring (bicyclic) bond motifs is 1. The molecular weight excluding hydrogens is 352 g/mol. The number of carbonyl (C=O) groups excluding carboxylic acids is 1. The maximum atomic E-state index is 12.5. The third kappa shape index (κ3) is 3.84. The van der Waals surface area contributed by atoms with Gasteiger partial charge in [0.15, 0.2) is 11.5 Å².